The summed E-state index contributed by atoms with van der Waals surface area (Å²) >= 11 is 0. The Kier molecular flexibility index (Phi) is 11.4. The molecule has 0 bridgehead atoms. The maximum Gasteiger partial charge on any atom is 0.330 e. The zero-order valence-electron chi connectivity index (χ0n) is 25.8. The van der Waals surface area contributed by atoms with E-state index in [1.807, 2.05) is 26.0 Å². The van der Waals surface area contributed by atoms with Crippen molar-refractivity contribution in [2.45, 2.75) is 141 Å². The number of carbonyl (C=O) groups is 1. The van der Waals surface area contributed by atoms with E-state index in [-0.39, 0.29) is 22.3 Å². The first-order chi connectivity index (χ1) is 16.6. The average Bonchev–Trinajstić information content (AvgIpc) is 3.04. The Bertz CT molecular complexity index is 819. The molecule has 1 rings (SSSR count). The van der Waals surface area contributed by atoms with Crippen LogP contribution in [0.15, 0.2) is 37.5 Å². The summed E-state index contributed by atoms with van der Waals surface area (Å²) in [5, 5.41) is 0.0538. The molecule has 6 nitrogen and oxygen atoms in total. The van der Waals surface area contributed by atoms with Crippen LogP contribution >= 0.6 is 0 Å². The Labute approximate surface area is 229 Å². The molecule has 0 spiro atoms. The molecular weight excluding hydrogens is 500 g/mol. The van der Waals surface area contributed by atoms with Crippen molar-refractivity contribution >= 4 is 22.6 Å². The van der Waals surface area contributed by atoms with Crippen molar-refractivity contribution in [1.82, 2.24) is 0 Å². The van der Waals surface area contributed by atoms with E-state index < -0.39 is 46.7 Å². The van der Waals surface area contributed by atoms with Crippen molar-refractivity contribution in [3.8, 4) is 0 Å². The van der Waals surface area contributed by atoms with Gasteiger partial charge in [0.05, 0.1) is 12.2 Å². The van der Waals surface area contributed by atoms with Crippen LogP contribution in [0.4, 0.5) is 0 Å². The first-order valence-electron chi connectivity index (χ1n) is 13.4. The van der Waals surface area contributed by atoms with Crippen LogP contribution in [0, 0.1) is 0 Å². The fourth-order valence-corrected chi connectivity index (χ4v) is 6.30. The van der Waals surface area contributed by atoms with E-state index in [1.54, 1.807) is 6.08 Å². The summed E-state index contributed by atoms with van der Waals surface area (Å²) in [7, 11) is -4.27. The van der Waals surface area contributed by atoms with E-state index >= 15 is 0 Å². The van der Waals surface area contributed by atoms with Crippen LogP contribution in [0.1, 0.15) is 68.7 Å². The minimum atomic E-state index is -2.22. The molecule has 0 aliphatic carbocycles. The van der Waals surface area contributed by atoms with Crippen LogP contribution in [-0.2, 0) is 27.9 Å². The zero-order chi connectivity index (χ0) is 29.0. The summed E-state index contributed by atoms with van der Waals surface area (Å²) < 4.78 is 32.2. The quantitative estimate of drug-likeness (QED) is 0.107. The molecule has 1 heterocycles. The van der Waals surface area contributed by atoms with E-state index in [2.05, 4.69) is 87.8 Å². The number of hydrogen-bond donors (Lipinski definition) is 0. The second kappa shape index (κ2) is 12.4. The minimum Gasteiger partial charge on any atom is -0.455 e. The van der Waals surface area contributed by atoms with Crippen molar-refractivity contribution in [2.75, 3.05) is 0 Å². The molecule has 0 amide bonds. The molecule has 37 heavy (non-hydrogen) atoms. The Morgan fingerprint density at radius 1 is 0.919 bits per heavy atom. The molecule has 1 fully saturated rings. The van der Waals surface area contributed by atoms with Gasteiger partial charge in [0.25, 0.3) is 0 Å². The van der Waals surface area contributed by atoms with Gasteiger partial charge in [0.2, 0.25) is 0 Å². The van der Waals surface area contributed by atoms with Crippen LogP contribution < -0.4 is 0 Å². The minimum absolute atomic E-state index is 0.0113. The molecule has 0 aromatic carbocycles. The van der Waals surface area contributed by atoms with Crippen molar-refractivity contribution in [3.05, 3.63) is 37.5 Å². The van der Waals surface area contributed by atoms with Gasteiger partial charge in [0.15, 0.2) is 22.4 Å². The summed E-state index contributed by atoms with van der Waals surface area (Å²) in [5.41, 5.74) is 0. The Balaban J connectivity index is 3.46. The zero-order valence-corrected chi connectivity index (χ0v) is 27.8. The van der Waals surface area contributed by atoms with Gasteiger partial charge in [0, 0.05) is 12.5 Å². The third-order valence-corrected chi connectivity index (χ3v) is 16.9. The highest BCUT2D eigenvalue weighted by Gasteiger charge is 2.51. The molecule has 0 aromatic rings. The molecule has 0 radical (unpaired) electrons. The second-order valence-electron chi connectivity index (χ2n) is 13.6. The topological polar surface area (TPSA) is 63.2 Å². The summed E-state index contributed by atoms with van der Waals surface area (Å²) in [5.74, 6) is -1.27. The lowest BCUT2D eigenvalue weighted by Gasteiger charge is -2.42. The number of rotatable bonds is 12. The summed E-state index contributed by atoms with van der Waals surface area (Å²) in [4.78, 5) is 11.9. The maximum atomic E-state index is 11.9. The van der Waals surface area contributed by atoms with Gasteiger partial charge in [-0.25, -0.2) is 4.79 Å². The number of ether oxygens (including phenoxy) is 3. The van der Waals surface area contributed by atoms with E-state index in [9.17, 15) is 4.79 Å². The van der Waals surface area contributed by atoms with E-state index in [0.29, 0.717) is 6.42 Å². The Morgan fingerprint density at radius 3 is 1.86 bits per heavy atom. The first kappa shape index (κ1) is 34.0. The smallest absolute Gasteiger partial charge is 0.330 e. The molecule has 8 heteroatoms. The average molecular weight is 555 g/mol. The second-order valence-corrected chi connectivity index (χ2v) is 23.1. The number of carbonyl (C=O) groups excluding carboxylic acids is 1. The molecule has 214 valence electrons. The van der Waals surface area contributed by atoms with Crippen molar-refractivity contribution in [2.24, 2.45) is 0 Å². The van der Waals surface area contributed by atoms with Crippen molar-refractivity contribution in [1.29, 1.82) is 0 Å². The molecule has 0 aromatic heterocycles. The molecule has 5 atom stereocenters. The lowest BCUT2D eigenvalue weighted by atomic mass is 10.0. The lowest BCUT2D eigenvalue weighted by Crippen LogP contribution is -2.52. The number of hydrogen-bond acceptors (Lipinski definition) is 6. The predicted octanol–water partition coefficient (Wildman–Crippen LogP) is 7.54. The fourth-order valence-electron chi connectivity index (χ4n) is 3.64. The predicted molar refractivity (Wildman–Crippen MR) is 158 cm³/mol. The van der Waals surface area contributed by atoms with Gasteiger partial charge in [-0.1, -0.05) is 60.3 Å². The third kappa shape index (κ3) is 9.58. The van der Waals surface area contributed by atoms with Crippen LogP contribution in [-0.4, -0.2) is 58.9 Å². The summed E-state index contributed by atoms with van der Waals surface area (Å²) in [6, 6.07) is 0. The third-order valence-electron chi connectivity index (χ3n) is 7.82. The Hall–Kier alpha value is -1.04. The molecule has 1 saturated heterocycles. The number of esters is 1. The first-order valence-corrected chi connectivity index (χ1v) is 19.2. The highest BCUT2D eigenvalue weighted by Crippen LogP contribution is 2.43. The molecule has 1 aliphatic heterocycles. The molecule has 0 unspecified atom stereocenters. The van der Waals surface area contributed by atoms with Gasteiger partial charge in [-0.15, -0.1) is 6.58 Å². The Morgan fingerprint density at radius 2 is 1.41 bits per heavy atom. The van der Waals surface area contributed by atoms with Crippen LogP contribution in [0.5, 0.6) is 0 Å². The van der Waals surface area contributed by atoms with E-state index in [4.69, 9.17) is 23.1 Å². The molecular formula is C29H54O6Si2. The van der Waals surface area contributed by atoms with Crippen LogP contribution in [0.2, 0.25) is 36.3 Å². The largest absolute Gasteiger partial charge is 0.455 e. The fraction of sp³-hybridized carbons (Fsp3) is 0.759. The van der Waals surface area contributed by atoms with Crippen LogP contribution in [0.25, 0.3) is 0 Å². The monoisotopic (exact) mass is 554 g/mol. The highest BCUT2D eigenvalue weighted by molar-refractivity contribution is 6.74. The van der Waals surface area contributed by atoms with Crippen molar-refractivity contribution < 1.29 is 27.9 Å². The van der Waals surface area contributed by atoms with Gasteiger partial charge in [-0.05, 0) is 63.1 Å². The van der Waals surface area contributed by atoms with Gasteiger partial charge >= 0.3 is 5.97 Å². The lowest BCUT2D eigenvalue weighted by molar-refractivity contribution is -0.157. The van der Waals surface area contributed by atoms with Gasteiger partial charge in [-0.2, -0.15) is 0 Å². The molecule has 1 aliphatic rings. The van der Waals surface area contributed by atoms with Crippen molar-refractivity contribution in [3.63, 3.8) is 0 Å². The standard InChI is InChI=1S/C29H54O6Si2/c1-16-18-22(31-24(30)17-2)19-20-23(35-37(14,15)28(7,8)9)26-25(32-29(10,11)33-26)21(3)34-36(12,13)27(4,5)6/h16-17,19-23,25-26H,1-2,18H2,3-15H3/b20-19-/t21-,22-,23-,25-,26-/m0/s1. The summed E-state index contributed by atoms with van der Waals surface area (Å²) in [6.45, 7) is 35.5. The molecule has 0 saturated carbocycles. The molecule has 0 N–H and O–H groups in total. The van der Waals surface area contributed by atoms with Crippen LogP contribution in [0.3, 0.4) is 0 Å². The SMILES string of the molecule is C=CC[C@@H](/C=C\[C@H](O[Si](C)(C)C(C)(C)C)[C@@H]1OC(C)(C)O[C@H]1[C@H](C)O[Si](C)(C)C(C)(C)C)OC(=O)C=C. The van der Waals surface area contributed by atoms with Gasteiger partial charge in [-0.3, -0.25) is 0 Å². The van der Waals surface area contributed by atoms with Gasteiger partial charge < -0.3 is 23.1 Å². The van der Waals surface area contributed by atoms with E-state index in [0.717, 1.165) is 0 Å². The van der Waals surface area contributed by atoms with E-state index in [1.165, 1.54) is 6.08 Å². The highest BCUT2D eigenvalue weighted by atomic mass is 28.4. The maximum absolute atomic E-state index is 11.9. The summed E-state index contributed by atoms with van der Waals surface area (Å²) in [6.07, 6.45) is 5.36. The normalized spacial score (nSPS) is 23.5. The van der Waals surface area contributed by atoms with Gasteiger partial charge in [0.1, 0.15) is 18.3 Å².